The van der Waals surface area contributed by atoms with Gasteiger partial charge in [0.1, 0.15) is 0 Å². The van der Waals surface area contributed by atoms with E-state index in [0.29, 0.717) is 0 Å². The molecule has 0 fully saturated rings. The fourth-order valence-corrected chi connectivity index (χ4v) is 2.29. The van der Waals surface area contributed by atoms with Gasteiger partial charge in [-0.2, -0.15) is 0 Å². The van der Waals surface area contributed by atoms with Crippen LogP contribution in [0.5, 0.6) is 0 Å². The second-order valence-electron chi connectivity index (χ2n) is 5.46. The topological polar surface area (TPSA) is 107 Å². The van der Waals surface area contributed by atoms with Crippen molar-refractivity contribution in [2.24, 2.45) is 28.1 Å². The van der Waals surface area contributed by atoms with Crippen molar-refractivity contribution >= 4 is 11.7 Å². The number of nitrogens with zero attached hydrogens (tertiary/aromatic N) is 1. The van der Waals surface area contributed by atoms with Gasteiger partial charge in [-0.3, -0.25) is 9.79 Å². The van der Waals surface area contributed by atoms with Gasteiger partial charge in [0.15, 0.2) is 11.7 Å². The Bertz CT molecular complexity index is 288. The molecule has 6 N–H and O–H groups in total. The van der Waals surface area contributed by atoms with Gasteiger partial charge in [0, 0.05) is 5.92 Å². The number of Topliss-reactive ketones (excluding diaryl/α,β-unsaturated/α-hetero) is 1. The SMILES string of the molecule is CCCCCCC(CCCC)C(=O)[C@@H](N)CN=C(N)N. The summed E-state index contributed by atoms with van der Waals surface area (Å²) in [4.78, 5) is 16.2. The van der Waals surface area contributed by atoms with Gasteiger partial charge >= 0.3 is 0 Å². The summed E-state index contributed by atoms with van der Waals surface area (Å²) >= 11 is 0. The van der Waals surface area contributed by atoms with Crippen molar-refractivity contribution in [3.8, 4) is 0 Å². The molecule has 118 valence electrons. The van der Waals surface area contributed by atoms with Crippen molar-refractivity contribution in [1.29, 1.82) is 0 Å². The van der Waals surface area contributed by atoms with Gasteiger partial charge < -0.3 is 17.2 Å². The van der Waals surface area contributed by atoms with E-state index in [1.54, 1.807) is 0 Å². The van der Waals surface area contributed by atoms with Gasteiger partial charge in [-0.15, -0.1) is 0 Å². The van der Waals surface area contributed by atoms with Gasteiger partial charge in [0.05, 0.1) is 12.6 Å². The minimum Gasteiger partial charge on any atom is -0.370 e. The Kier molecular flexibility index (Phi) is 11.1. The van der Waals surface area contributed by atoms with E-state index >= 15 is 0 Å². The number of carbonyl (C=O) groups excluding carboxylic acids is 1. The van der Waals surface area contributed by atoms with E-state index in [9.17, 15) is 4.79 Å². The van der Waals surface area contributed by atoms with Gasteiger partial charge in [-0.05, 0) is 12.8 Å². The summed E-state index contributed by atoms with van der Waals surface area (Å²) in [6.45, 7) is 4.52. The van der Waals surface area contributed by atoms with Gasteiger partial charge in [0.25, 0.3) is 0 Å². The number of ketones is 1. The number of hydrogen-bond donors (Lipinski definition) is 3. The van der Waals surface area contributed by atoms with E-state index in [2.05, 4.69) is 18.8 Å². The normalized spacial score (nSPS) is 13.8. The maximum atomic E-state index is 12.3. The average Bonchev–Trinajstić information content (AvgIpc) is 2.43. The second kappa shape index (κ2) is 11.7. The zero-order valence-corrected chi connectivity index (χ0v) is 13.1. The Balaban J connectivity index is 4.34. The summed E-state index contributed by atoms with van der Waals surface area (Å²) in [5, 5.41) is 0. The molecule has 0 rings (SSSR count). The van der Waals surface area contributed by atoms with Crippen molar-refractivity contribution in [3.63, 3.8) is 0 Å². The van der Waals surface area contributed by atoms with E-state index in [1.807, 2.05) is 0 Å². The van der Waals surface area contributed by atoms with Crippen LogP contribution in [0.25, 0.3) is 0 Å². The molecule has 0 bridgehead atoms. The molecule has 0 aromatic carbocycles. The molecule has 0 aliphatic carbocycles. The summed E-state index contributed by atoms with van der Waals surface area (Å²) in [7, 11) is 0. The third-order valence-corrected chi connectivity index (χ3v) is 3.55. The highest BCUT2D eigenvalue weighted by atomic mass is 16.1. The highest BCUT2D eigenvalue weighted by molar-refractivity contribution is 5.86. The zero-order chi connectivity index (χ0) is 15.4. The lowest BCUT2D eigenvalue weighted by atomic mass is 9.88. The number of nitrogens with two attached hydrogens (primary N) is 3. The highest BCUT2D eigenvalue weighted by Crippen LogP contribution is 2.19. The molecule has 0 heterocycles. The van der Waals surface area contributed by atoms with Gasteiger partial charge in [-0.1, -0.05) is 52.4 Å². The van der Waals surface area contributed by atoms with Crippen LogP contribution in [0.15, 0.2) is 4.99 Å². The number of rotatable bonds is 12. The van der Waals surface area contributed by atoms with Crippen LogP contribution in [-0.4, -0.2) is 24.3 Å². The summed E-state index contributed by atoms with van der Waals surface area (Å²) in [5.74, 6) is 0.164. The van der Waals surface area contributed by atoms with E-state index in [0.717, 1.165) is 32.1 Å². The first kappa shape index (κ1) is 18.9. The molecule has 0 saturated carbocycles. The Hall–Kier alpha value is -1.10. The standard InChI is InChI=1S/C15H32N4O/c1-3-5-7-8-10-12(9-6-4-2)14(20)13(16)11-19-15(17)18/h12-13H,3-11,16H2,1-2H3,(H4,17,18,19)/t12?,13-/m0/s1. The van der Waals surface area contributed by atoms with Crippen LogP contribution in [0.2, 0.25) is 0 Å². The maximum Gasteiger partial charge on any atom is 0.185 e. The molecular formula is C15H32N4O. The van der Waals surface area contributed by atoms with Crippen LogP contribution in [-0.2, 0) is 4.79 Å². The first-order valence-corrected chi connectivity index (χ1v) is 7.87. The molecule has 0 amide bonds. The molecule has 0 aliphatic heterocycles. The van der Waals surface area contributed by atoms with Crippen LogP contribution in [0.4, 0.5) is 0 Å². The van der Waals surface area contributed by atoms with E-state index in [1.165, 1.54) is 19.3 Å². The van der Waals surface area contributed by atoms with Crippen molar-refractivity contribution in [1.82, 2.24) is 0 Å². The number of aliphatic imine (C=N–C) groups is 1. The molecule has 0 aromatic rings. The molecule has 0 saturated heterocycles. The fraction of sp³-hybridized carbons (Fsp3) is 0.867. The molecule has 0 spiro atoms. The minimum absolute atomic E-state index is 0.0127. The largest absolute Gasteiger partial charge is 0.370 e. The predicted octanol–water partition coefficient (Wildman–Crippen LogP) is 1.93. The van der Waals surface area contributed by atoms with Crippen molar-refractivity contribution < 1.29 is 4.79 Å². The summed E-state index contributed by atoms with van der Waals surface area (Å²) in [6, 6.07) is -0.579. The number of unbranched alkanes of at least 4 members (excludes halogenated alkanes) is 4. The van der Waals surface area contributed by atoms with Crippen molar-refractivity contribution in [3.05, 3.63) is 0 Å². The van der Waals surface area contributed by atoms with Crippen molar-refractivity contribution in [2.45, 2.75) is 71.3 Å². The van der Waals surface area contributed by atoms with Crippen LogP contribution in [0, 0.1) is 5.92 Å². The predicted molar refractivity (Wildman–Crippen MR) is 85.4 cm³/mol. The molecule has 0 aliphatic rings. The molecule has 5 heteroatoms. The Morgan fingerprint density at radius 1 is 1.00 bits per heavy atom. The summed E-state index contributed by atoms with van der Waals surface area (Å²) < 4.78 is 0. The van der Waals surface area contributed by atoms with E-state index in [4.69, 9.17) is 17.2 Å². The average molecular weight is 284 g/mol. The molecule has 2 atom stereocenters. The lowest BCUT2D eigenvalue weighted by Gasteiger charge is -2.19. The third-order valence-electron chi connectivity index (χ3n) is 3.55. The maximum absolute atomic E-state index is 12.3. The molecule has 20 heavy (non-hydrogen) atoms. The fourth-order valence-electron chi connectivity index (χ4n) is 2.29. The lowest BCUT2D eigenvalue weighted by Crippen LogP contribution is -2.39. The summed E-state index contributed by atoms with van der Waals surface area (Å²) in [6.07, 6.45) is 8.76. The Morgan fingerprint density at radius 3 is 2.15 bits per heavy atom. The van der Waals surface area contributed by atoms with E-state index in [-0.39, 0.29) is 24.2 Å². The van der Waals surface area contributed by atoms with Crippen LogP contribution in [0.3, 0.4) is 0 Å². The third kappa shape index (κ3) is 8.91. The number of carbonyl (C=O) groups is 1. The van der Waals surface area contributed by atoms with Crippen LogP contribution < -0.4 is 17.2 Å². The first-order chi connectivity index (χ1) is 9.52. The second-order valence-corrected chi connectivity index (χ2v) is 5.46. The van der Waals surface area contributed by atoms with Crippen LogP contribution in [0.1, 0.15) is 65.2 Å². The van der Waals surface area contributed by atoms with Crippen LogP contribution >= 0.6 is 0 Å². The monoisotopic (exact) mass is 284 g/mol. The Labute approximate surface area is 123 Å². The van der Waals surface area contributed by atoms with Gasteiger partial charge in [-0.25, -0.2) is 0 Å². The summed E-state index contributed by atoms with van der Waals surface area (Å²) in [5.41, 5.74) is 16.4. The molecule has 0 radical (unpaired) electrons. The molecule has 0 aromatic heterocycles. The highest BCUT2D eigenvalue weighted by Gasteiger charge is 2.23. The smallest absolute Gasteiger partial charge is 0.185 e. The molecular weight excluding hydrogens is 252 g/mol. The molecule has 5 nitrogen and oxygen atoms in total. The van der Waals surface area contributed by atoms with Gasteiger partial charge in [0.2, 0.25) is 0 Å². The zero-order valence-electron chi connectivity index (χ0n) is 13.1. The number of hydrogen-bond acceptors (Lipinski definition) is 3. The number of guanidine groups is 1. The van der Waals surface area contributed by atoms with E-state index < -0.39 is 6.04 Å². The Morgan fingerprint density at radius 2 is 1.60 bits per heavy atom. The van der Waals surface area contributed by atoms with Crippen molar-refractivity contribution in [2.75, 3.05) is 6.54 Å². The first-order valence-electron chi connectivity index (χ1n) is 7.87. The minimum atomic E-state index is -0.579. The quantitative estimate of drug-likeness (QED) is 0.289. The lowest BCUT2D eigenvalue weighted by molar-refractivity contribution is -0.124. The molecule has 1 unspecified atom stereocenters.